The normalized spacial score (nSPS) is 24.9. The Labute approximate surface area is 122 Å². The van der Waals surface area contributed by atoms with Gasteiger partial charge in [-0.05, 0) is 12.8 Å². The maximum atomic E-state index is 12.2. The third-order valence-electron chi connectivity index (χ3n) is 3.83. The summed E-state index contributed by atoms with van der Waals surface area (Å²) in [4.78, 5) is 35.6. The number of fused-ring (bicyclic) bond motifs is 1. The molecule has 1 aliphatic heterocycles. The fraction of sp³-hybridized carbons (Fsp3) is 0.769. The molecule has 1 saturated heterocycles. The second kappa shape index (κ2) is 7.26. The molecule has 1 saturated carbocycles. The molecule has 0 aromatic heterocycles. The SMILES string of the molecule is O=C(O)CNC(=O)CNC(=O)N1CCOC2CCCCC21. The van der Waals surface area contributed by atoms with Crippen LogP contribution in [0.3, 0.4) is 0 Å². The molecule has 2 aliphatic rings. The molecule has 21 heavy (non-hydrogen) atoms. The molecular formula is C13H21N3O5. The van der Waals surface area contributed by atoms with E-state index < -0.39 is 18.4 Å². The van der Waals surface area contributed by atoms with Gasteiger partial charge in [0.25, 0.3) is 0 Å². The molecule has 118 valence electrons. The van der Waals surface area contributed by atoms with Gasteiger partial charge in [0.1, 0.15) is 6.54 Å². The molecule has 2 fully saturated rings. The zero-order valence-electron chi connectivity index (χ0n) is 11.8. The van der Waals surface area contributed by atoms with E-state index in [4.69, 9.17) is 9.84 Å². The zero-order chi connectivity index (χ0) is 15.2. The zero-order valence-corrected chi connectivity index (χ0v) is 11.8. The van der Waals surface area contributed by atoms with Crippen LogP contribution in [0.25, 0.3) is 0 Å². The number of ether oxygens (including phenoxy) is 1. The van der Waals surface area contributed by atoms with Gasteiger partial charge in [-0.3, -0.25) is 9.59 Å². The van der Waals surface area contributed by atoms with E-state index in [1.165, 1.54) is 0 Å². The van der Waals surface area contributed by atoms with Gasteiger partial charge in [0.15, 0.2) is 0 Å². The third kappa shape index (κ3) is 4.32. The van der Waals surface area contributed by atoms with Crippen LogP contribution in [-0.2, 0) is 14.3 Å². The summed E-state index contributed by atoms with van der Waals surface area (Å²) >= 11 is 0. The highest BCUT2D eigenvalue weighted by Crippen LogP contribution is 2.28. The smallest absolute Gasteiger partial charge is 0.322 e. The molecule has 0 aromatic rings. The predicted molar refractivity (Wildman–Crippen MR) is 72.7 cm³/mol. The van der Waals surface area contributed by atoms with Crippen LogP contribution in [0.1, 0.15) is 25.7 Å². The number of urea groups is 1. The highest BCUT2D eigenvalue weighted by atomic mass is 16.5. The lowest BCUT2D eigenvalue weighted by atomic mass is 9.90. The van der Waals surface area contributed by atoms with Crippen LogP contribution in [0.5, 0.6) is 0 Å². The lowest BCUT2D eigenvalue weighted by molar-refractivity contribution is -0.137. The van der Waals surface area contributed by atoms with E-state index in [0.717, 1.165) is 25.7 Å². The number of nitrogens with one attached hydrogen (secondary N) is 2. The lowest BCUT2D eigenvalue weighted by Gasteiger charge is -2.43. The van der Waals surface area contributed by atoms with Crippen molar-refractivity contribution in [3.05, 3.63) is 0 Å². The second-order valence-electron chi connectivity index (χ2n) is 5.28. The van der Waals surface area contributed by atoms with Gasteiger partial charge < -0.3 is 25.4 Å². The number of carboxylic acids is 1. The molecule has 1 heterocycles. The van der Waals surface area contributed by atoms with E-state index in [0.29, 0.717) is 13.2 Å². The van der Waals surface area contributed by atoms with Crippen molar-refractivity contribution in [1.29, 1.82) is 0 Å². The first-order valence-electron chi connectivity index (χ1n) is 7.22. The Morgan fingerprint density at radius 3 is 2.67 bits per heavy atom. The summed E-state index contributed by atoms with van der Waals surface area (Å²) in [6, 6.07) is -0.213. The Kier molecular flexibility index (Phi) is 5.38. The van der Waals surface area contributed by atoms with Crippen molar-refractivity contribution in [3.63, 3.8) is 0 Å². The number of hydrogen-bond donors (Lipinski definition) is 3. The number of carboxylic acid groups (broad SMARTS) is 1. The summed E-state index contributed by atoms with van der Waals surface area (Å²) in [5.41, 5.74) is 0. The Bertz CT molecular complexity index is 413. The summed E-state index contributed by atoms with van der Waals surface area (Å²) in [5.74, 6) is -1.63. The van der Waals surface area contributed by atoms with Crippen molar-refractivity contribution >= 4 is 17.9 Å². The van der Waals surface area contributed by atoms with Crippen LogP contribution >= 0.6 is 0 Å². The van der Waals surface area contributed by atoms with E-state index in [1.54, 1.807) is 4.90 Å². The number of nitrogens with zero attached hydrogens (tertiary/aromatic N) is 1. The number of amides is 3. The Morgan fingerprint density at radius 1 is 1.14 bits per heavy atom. The maximum absolute atomic E-state index is 12.2. The van der Waals surface area contributed by atoms with Crippen LogP contribution in [0, 0.1) is 0 Å². The average molecular weight is 299 g/mol. The standard InChI is InChI=1S/C13H21N3O5/c17-11(14-8-12(18)19)7-15-13(20)16-5-6-21-10-4-2-1-3-9(10)16/h9-10H,1-8H2,(H,14,17)(H,15,20)(H,18,19). The Hall–Kier alpha value is -1.83. The first kappa shape index (κ1) is 15.6. The van der Waals surface area contributed by atoms with E-state index in [1.807, 2.05) is 0 Å². The quantitative estimate of drug-likeness (QED) is 0.651. The highest BCUT2D eigenvalue weighted by molar-refractivity contribution is 5.86. The van der Waals surface area contributed by atoms with Gasteiger partial charge in [-0.25, -0.2) is 4.79 Å². The van der Waals surface area contributed by atoms with Crippen LogP contribution in [-0.4, -0.2) is 66.3 Å². The monoisotopic (exact) mass is 299 g/mol. The largest absolute Gasteiger partial charge is 0.480 e. The first-order chi connectivity index (χ1) is 10.1. The molecule has 3 amide bonds. The molecule has 1 aliphatic carbocycles. The van der Waals surface area contributed by atoms with Crippen LogP contribution in [0.4, 0.5) is 4.79 Å². The molecular weight excluding hydrogens is 278 g/mol. The Balaban J connectivity index is 1.79. The first-order valence-corrected chi connectivity index (χ1v) is 7.22. The van der Waals surface area contributed by atoms with E-state index in [2.05, 4.69) is 10.6 Å². The molecule has 0 spiro atoms. The summed E-state index contributed by atoms with van der Waals surface area (Å²) in [5, 5.41) is 13.2. The summed E-state index contributed by atoms with van der Waals surface area (Å²) < 4.78 is 5.69. The van der Waals surface area contributed by atoms with Crippen LogP contribution < -0.4 is 10.6 Å². The Morgan fingerprint density at radius 2 is 1.90 bits per heavy atom. The van der Waals surface area contributed by atoms with Crippen molar-refractivity contribution in [3.8, 4) is 0 Å². The predicted octanol–water partition coefficient (Wildman–Crippen LogP) is -0.460. The fourth-order valence-electron chi connectivity index (χ4n) is 2.84. The number of aliphatic carboxylic acids is 1. The van der Waals surface area contributed by atoms with Crippen molar-refractivity contribution in [1.82, 2.24) is 15.5 Å². The molecule has 0 radical (unpaired) electrons. The van der Waals surface area contributed by atoms with E-state index in [-0.39, 0.29) is 24.7 Å². The molecule has 2 rings (SSSR count). The van der Waals surface area contributed by atoms with Gasteiger partial charge in [-0.1, -0.05) is 12.8 Å². The summed E-state index contributed by atoms with van der Waals surface area (Å²) in [6.07, 6.45) is 4.18. The molecule has 2 atom stereocenters. The molecule has 2 unspecified atom stereocenters. The number of carbonyl (C=O) groups is 3. The molecule has 3 N–H and O–H groups in total. The second-order valence-corrected chi connectivity index (χ2v) is 5.28. The number of carbonyl (C=O) groups excluding carboxylic acids is 2. The number of morpholine rings is 1. The van der Waals surface area contributed by atoms with Gasteiger partial charge >= 0.3 is 12.0 Å². The topological polar surface area (TPSA) is 108 Å². The lowest BCUT2D eigenvalue weighted by Crippen LogP contribution is -2.58. The molecule has 8 heteroatoms. The number of hydrogen-bond acceptors (Lipinski definition) is 4. The van der Waals surface area contributed by atoms with Gasteiger partial charge in [-0.15, -0.1) is 0 Å². The van der Waals surface area contributed by atoms with Crippen molar-refractivity contribution in [2.45, 2.75) is 37.8 Å². The van der Waals surface area contributed by atoms with Gasteiger partial charge in [0, 0.05) is 6.54 Å². The third-order valence-corrected chi connectivity index (χ3v) is 3.83. The average Bonchev–Trinajstić information content (AvgIpc) is 2.50. The van der Waals surface area contributed by atoms with Crippen molar-refractivity contribution < 1.29 is 24.2 Å². The minimum absolute atomic E-state index is 0.0783. The molecule has 0 bridgehead atoms. The highest BCUT2D eigenvalue weighted by Gasteiger charge is 2.36. The summed E-state index contributed by atoms with van der Waals surface area (Å²) in [7, 11) is 0. The van der Waals surface area contributed by atoms with Crippen molar-refractivity contribution in [2.75, 3.05) is 26.2 Å². The van der Waals surface area contributed by atoms with Crippen LogP contribution in [0.2, 0.25) is 0 Å². The van der Waals surface area contributed by atoms with Crippen LogP contribution in [0.15, 0.2) is 0 Å². The minimum atomic E-state index is -1.12. The van der Waals surface area contributed by atoms with Gasteiger partial charge in [0.2, 0.25) is 5.91 Å². The summed E-state index contributed by atoms with van der Waals surface area (Å²) in [6.45, 7) is 0.362. The van der Waals surface area contributed by atoms with Gasteiger partial charge in [-0.2, -0.15) is 0 Å². The van der Waals surface area contributed by atoms with Gasteiger partial charge in [0.05, 0.1) is 25.3 Å². The minimum Gasteiger partial charge on any atom is -0.480 e. The fourth-order valence-corrected chi connectivity index (χ4v) is 2.84. The maximum Gasteiger partial charge on any atom is 0.322 e. The number of rotatable bonds is 4. The molecule has 0 aromatic carbocycles. The van der Waals surface area contributed by atoms with E-state index in [9.17, 15) is 14.4 Å². The van der Waals surface area contributed by atoms with E-state index >= 15 is 0 Å². The van der Waals surface area contributed by atoms with Crippen molar-refractivity contribution in [2.24, 2.45) is 0 Å². The molecule has 8 nitrogen and oxygen atoms in total.